The van der Waals surface area contributed by atoms with Gasteiger partial charge < -0.3 is 4.42 Å². The van der Waals surface area contributed by atoms with Crippen molar-refractivity contribution in [3.8, 4) is 0 Å². The Bertz CT molecular complexity index is 389. The molecule has 0 amide bonds. The van der Waals surface area contributed by atoms with Crippen molar-refractivity contribution in [2.24, 2.45) is 0 Å². The summed E-state index contributed by atoms with van der Waals surface area (Å²) in [7, 11) is 0. The van der Waals surface area contributed by atoms with Gasteiger partial charge in [0.1, 0.15) is 5.76 Å². The number of furan rings is 1. The average molecular weight is 149 g/mol. The zero-order valence-electron chi connectivity index (χ0n) is 5.80. The molecular weight excluding hydrogens is 143 g/mol. The molecule has 0 unspecified atom stereocenters. The summed E-state index contributed by atoms with van der Waals surface area (Å²) in [6.45, 7) is 3.57. The Morgan fingerprint density at radius 3 is 2.91 bits per heavy atom. The largest absolute Gasteiger partial charge is 0.458 e. The first-order chi connectivity index (χ1) is 5.27. The van der Waals surface area contributed by atoms with Gasteiger partial charge in [0.25, 0.3) is 0 Å². The molecule has 1 nitrogen and oxygen atoms in total. The number of benzene rings is 1. The third-order valence-corrected chi connectivity index (χ3v) is 1.55. The van der Waals surface area contributed by atoms with E-state index in [9.17, 15) is 4.39 Å². The molecule has 0 bridgehead atoms. The number of hydrogen-bond acceptors (Lipinski definition) is 1. The lowest BCUT2D eigenvalue weighted by molar-refractivity contribution is 0.549. The van der Waals surface area contributed by atoms with Crippen LogP contribution in [-0.4, -0.2) is 0 Å². The number of hydrogen-bond donors (Lipinski definition) is 0. The van der Waals surface area contributed by atoms with E-state index >= 15 is 0 Å². The van der Waals surface area contributed by atoms with Crippen molar-refractivity contribution >= 4 is 11.0 Å². The zero-order valence-corrected chi connectivity index (χ0v) is 5.80. The summed E-state index contributed by atoms with van der Waals surface area (Å²) in [6, 6.07) is 6.51. The quantitative estimate of drug-likeness (QED) is 0.561. The minimum atomic E-state index is -0.336. The fourth-order valence-electron chi connectivity index (χ4n) is 1.08. The molecule has 0 aliphatic heterocycles. The average Bonchev–Trinajstić information content (AvgIpc) is 2.31. The van der Waals surface area contributed by atoms with Gasteiger partial charge in [-0.25, -0.2) is 4.39 Å². The van der Waals surface area contributed by atoms with Gasteiger partial charge in [0, 0.05) is 12.3 Å². The maximum Gasteiger partial charge on any atom is 0.169 e. The Balaban J connectivity index is 2.90. The van der Waals surface area contributed by atoms with Crippen LogP contribution in [0.25, 0.3) is 11.0 Å². The maximum absolute atomic E-state index is 12.9. The van der Waals surface area contributed by atoms with Gasteiger partial charge in [0.05, 0.1) is 0 Å². The summed E-state index contributed by atoms with van der Waals surface area (Å²) in [5, 5.41) is 0.759. The van der Waals surface area contributed by atoms with Crippen molar-refractivity contribution in [1.82, 2.24) is 0 Å². The zero-order chi connectivity index (χ0) is 7.84. The van der Waals surface area contributed by atoms with Gasteiger partial charge in [0.15, 0.2) is 11.4 Å². The van der Waals surface area contributed by atoms with Crippen LogP contribution in [0.4, 0.5) is 4.39 Å². The highest BCUT2D eigenvalue weighted by molar-refractivity contribution is 5.78. The second kappa shape index (κ2) is 2.09. The first-order valence-corrected chi connectivity index (χ1v) is 3.27. The molecule has 55 valence electrons. The maximum atomic E-state index is 12.9. The van der Waals surface area contributed by atoms with Crippen LogP contribution in [0.3, 0.4) is 0 Å². The standard InChI is InChI=1S/C9H6FO/c1-6-5-7-3-2-4-8(10)9(7)11-6/h2-5H,1H2. The lowest BCUT2D eigenvalue weighted by atomic mass is 10.2. The molecule has 0 fully saturated rings. The van der Waals surface area contributed by atoms with E-state index in [0.717, 1.165) is 5.39 Å². The van der Waals surface area contributed by atoms with Gasteiger partial charge in [-0.2, -0.15) is 0 Å². The molecule has 0 saturated carbocycles. The minimum absolute atomic E-state index is 0.289. The third kappa shape index (κ3) is 0.909. The molecule has 0 aliphatic carbocycles. The number of fused-ring (bicyclic) bond motifs is 1. The molecule has 11 heavy (non-hydrogen) atoms. The van der Waals surface area contributed by atoms with Crippen molar-refractivity contribution in [3.63, 3.8) is 0 Å². The lowest BCUT2D eigenvalue weighted by Crippen LogP contribution is -1.70. The van der Waals surface area contributed by atoms with Gasteiger partial charge in [-0.15, -0.1) is 0 Å². The van der Waals surface area contributed by atoms with Crippen molar-refractivity contribution in [2.45, 2.75) is 0 Å². The molecule has 2 aromatic rings. The Morgan fingerprint density at radius 1 is 1.36 bits per heavy atom. The molecule has 0 atom stereocenters. The second-order valence-electron chi connectivity index (χ2n) is 2.37. The second-order valence-corrected chi connectivity index (χ2v) is 2.37. The molecule has 2 rings (SSSR count). The molecule has 0 aliphatic rings. The normalized spacial score (nSPS) is 10.7. The molecule has 2 heteroatoms. The van der Waals surface area contributed by atoms with Crippen LogP contribution in [0.1, 0.15) is 5.76 Å². The van der Waals surface area contributed by atoms with E-state index in [1.165, 1.54) is 6.07 Å². The predicted molar refractivity (Wildman–Crippen MR) is 40.6 cm³/mol. The Morgan fingerprint density at radius 2 is 2.18 bits per heavy atom. The number of halogens is 1. The third-order valence-electron chi connectivity index (χ3n) is 1.55. The van der Waals surface area contributed by atoms with Crippen LogP contribution in [0.2, 0.25) is 0 Å². The topological polar surface area (TPSA) is 13.1 Å². The van der Waals surface area contributed by atoms with E-state index in [1.807, 2.05) is 0 Å². The fraction of sp³-hybridized carbons (Fsp3) is 0. The summed E-state index contributed by atoms with van der Waals surface area (Å²) in [5.41, 5.74) is 0.289. The summed E-state index contributed by atoms with van der Waals surface area (Å²) < 4.78 is 17.9. The highest BCUT2D eigenvalue weighted by atomic mass is 19.1. The fourth-order valence-corrected chi connectivity index (χ4v) is 1.08. The Kier molecular flexibility index (Phi) is 1.22. The molecule has 0 N–H and O–H groups in total. The van der Waals surface area contributed by atoms with Crippen LogP contribution in [0.15, 0.2) is 28.7 Å². The molecule has 0 saturated heterocycles. The van der Waals surface area contributed by atoms with Crippen LogP contribution in [0.5, 0.6) is 0 Å². The molecule has 1 heterocycles. The predicted octanol–water partition coefficient (Wildman–Crippen LogP) is 2.75. The molecular formula is C9H6FO. The van der Waals surface area contributed by atoms with Crippen LogP contribution in [-0.2, 0) is 0 Å². The van der Waals surface area contributed by atoms with E-state index < -0.39 is 0 Å². The first-order valence-electron chi connectivity index (χ1n) is 3.27. The van der Waals surface area contributed by atoms with Crippen LogP contribution < -0.4 is 0 Å². The summed E-state index contributed by atoms with van der Waals surface area (Å²) in [5.74, 6) is 0.155. The Hall–Kier alpha value is -1.31. The highest BCUT2D eigenvalue weighted by Gasteiger charge is 2.03. The SMILES string of the molecule is [CH2]c1cc2cccc(F)c2o1. The van der Waals surface area contributed by atoms with Crippen molar-refractivity contribution < 1.29 is 8.81 Å². The van der Waals surface area contributed by atoms with Crippen molar-refractivity contribution in [3.05, 3.63) is 42.8 Å². The summed E-state index contributed by atoms with van der Waals surface area (Å²) in [4.78, 5) is 0. The minimum Gasteiger partial charge on any atom is -0.458 e. The van der Waals surface area contributed by atoms with E-state index in [1.54, 1.807) is 18.2 Å². The van der Waals surface area contributed by atoms with Gasteiger partial charge in [-0.3, -0.25) is 0 Å². The van der Waals surface area contributed by atoms with Gasteiger partial charge in [-0.1, -0.05) is 12.1 Å². The van der Waals surface area contributed by atoms with Crippen molar-refractivity contribution in [2.75, 3.05) is 0 Å². The van der Waals surface area contributed by atoms with Gasteiger partial charge in [-0.05, 0) is 12.1 Å². The van der Waals surface area contributed by atoms with E-state index in [-0.39, 0.29) is 11.4 Å². The number of rotatable bonds is 0. The van der Waals surface area contributed by atoms with E-state index in [4.69, 9.17) is 4.42 Å². The van der Waals surface area contributed by atoms with Gasteiger partial charge in [0.2, 0.25) is 0 Å². The van der Waals surface area contributed by atoms with Crippen LogP contribution >= 0.6 is 0 Å². The Labute approximate surface area is 63.4 Å². The van der Waals surface area contributed by atoms with Gasteiger partial charge >= 0.3 is 0 Å². The number of para-hydroxylation sites is 1. The highest BCUT2D eigenvalue weighted by Crippen LogP contribution is 2.20. The molecule has 0 spiro atoms. The van der Waals surface area contributed by atoms with E-state index in [0.29, 0.717) is 5.76 Å². The summed E-state index contributed by atoms with van der Waals surface area (Å²) in [6.07, 6.45) is 0. The lowest BCUT2D eigenvalue weighted by Gasteiger charge is -1.87. The van der Waals surface area contributed by atoms with Crippen LogP contribution in [0, 0.1) is 12.7 Å². The smallest absolute Gasteiger partial charge is 0.169 e. The first kappa shape index (κ1) is 6.40. The molecule has 1 radical (unpaired) electrons. The molecule has 1 aromatic heterocycles. The monoisotopic (exact) mass is 149 g/mol. The van der Waals surface area contributed by atoms with E-state index in [2.05, 4.69) is 6.92 Å². The molecule has 1 aromatic carbocycles. The van der Waals surface area contributed by atoms with Crippen molar-refractivity contribution in [1.29, 1.82) is 0 Å². The summed E-state index contributed by atoms with van der Waals surface area (Å²) >= 11 is 0.